The fourth-order valence-electron chi connectivity index (χ4n) is 2.03. The molecule has 0 aromatic carbocycles. The van der Waals surface area contributed by atoms with E-state index in [1.54, 1.807) is 12.5 Å². The van der Waals surface area contributed by atoms with Crippen LogP contribution in [0.5, 0.6) is 0 Å². The Bertz CT molecular complexity index is 707. The molecule has 0 aliphatic rings. The molecular weight excluding hydrogens is 344 g/mol. The van der Waals surface area contributed by atoms with E-state index in [-0.39, 0.29) is 6.04 Å². The minimum absolute atomic E-state index is 0.253. The van der Waals surface area contributed by atoms with Gasteiger partial charge in [-0.05, 0) is 33.3 Å². The maximum atomic E-state index is 11.4. The van der Waals surface area contributed by atoms with Gasteiger partial charge in [0.1, 0.15) is 4.83 Å². The SMILES string of the molecule is CCC(C)N=CNc1c(C=O)sc2nccc(NC(C)C)c12.CCCC. The molecule has 2 N–H and O–H groups in total. The van der Waals surface area contributed by atoms with Crippen LogP contribution in [0.3, 0.4) is 0 Å². The number of aldehydes is 1. The number of pyridine rings is 1. The number of thiophene rings is 1. The van der Waals surface area contributed by atoms with Gasteiger partial charge < -0.3 is 10.6 Å². The van der Waals surface area contributed by atoms with E-state index in [0.29, 0.717) is 10.9 Å². The van der Waals surface area contributed by atoms with E-state index in [1.165, 1.54) is 24.2 Å². The zero-order valence-electron chi connectivity index (χ0n) is 16.8. The number of hydrogen-bond acceptors (Lipinski definition) is 5. The highest BCUT2D eigenvalue weighted by Crippen LogP contribution is 2.38. The highest BCUT2D eigenvalue weighted by Gasteiger charge is 2.16. The van der Waals surface area contributed by atoms with Crippen LogP contribution in [0.15, 0.2) is 17.3 Å². The fourth-order valence-corrected chi connectivity index (χ4v) is 2.98. The molecule has 0 aliphatic carbocycles. The van der Waals surface area contributed by atoms with Crippen LogP contribution < -0.4 is 10.6 Å². The second-order valence-electron chi connectivity index (χ2n) is 6.48. The van der Waals surface area contributed by atoms with E-state index in [9.17, 15) is 4.79 Å². The van der Waals surface area contributed by atoms with Crippen LogP contribution in [0.1, 0.15) is 70.5 Å². The smallest absolute Gasteiger partial charge is 0.162 e. The third-order valence-corrected chi connectivity index (χ3v) is 4.82. The van der Waals surface area contributed by atoms with Crippen molar-refractivity contribution in [2.24, 2.45) is 4.99 Å². The van der Waals surface area contributed by atoms with Crippen LogP contribution in [0.2, 0.25) is 0 Å². The molecule has 2 rings (SSSR count). The molecule has 0 aliphatic heterocycles. The lowest BCUT2D eigenvalue weighted by Crippen LogP contribution is -2.10. The van der Waals surface area contributed by atoms with Gasteiger partial charge in [-0.15, -0.1) is 11.3 Å². The molecule has 26 heavy (non-hydrogen) atoms. The Morgan fingerprint density at radius 3 is 2.46 bits per heavy atom. The van der Waals surface area contributed by atoms with E-state index >= 15 is 0 Å². The van der Waals surface area contributed by atoms with Crippen LogP contribution in [-0.2, 0) is 0 Å². The summed E-state index contributed by atoms with van der Waals surface area (Å²) in [5.41, 5.74) is 1.75. The summed E-state index contributed by atoms with van der Waals surface area (Å²) < 4.78 is 0. The fraction of sp³-hybridized carbons (Fsp3) is 0.550. The normalized spacial score (nSPS) is 12.1. The van der Waals surface area contributed by atoms with Crippen LogP contribution >= 0.6 is 11.3 Å². The third kappa shape index (κ3) is 6.41. The van der Waals surface area contributed by atoms with E-state index < -0.39 is 0 Å². The number of unbranched alkanes of at least 4 members (excludes halogenated alkanes) is 1. The molecule has 0 saturated heterocycles. The number of carbonyl (C=O) groups is 1. The van der Waals surface area contributed by atoms with Crippen LogP contribution in [0.25, 0.3) is 10.2 Å². The number of nitrogens with zero attached hydrogens (tertiary/aromatic N) is 2. The van der Waals surface area contributed by atoms with Gasteiger partial charge in [0.05, 0.1) is 22.3 Å². The monoisotopic (exact) mass is 376 g/mol. The summed E-state index contributed by atoms with van der Waals surface area (Å²) in [6.45, 7) is 12.7. The molecular formula is C20H32N4OS. The molecule has 5 nitrogen and oxygen atoms in total. The number of aromatic nitrogens is 1. The van der Waals surface area contributed by atoms with E-state index in [4.69, 9.17) is 0 Å². The van der Waals surface area contributed by atoms with E-state index in [1.807, 2.05) is 6.07 Å². The topological polar surface area (TPSA) is 66.4 Å². The summed E-state index contributed by atoms with van der Waals surface area (Å²) in [6, 6.07) is 2.48. The second kappa shape index (κ2) is 11.6. The Kier molecular flexibility index (Phi) is 9.88. The highest BCUT2D eigenvalue weighted by molar-refractivity contribution is 7.21. The lowest BCUT2D eigenvalue weighted by molar-refractivity contribution is 0.112. The van der Waals surface area contributed by atoms with Crippen molar-refractivity contribution in [3.63, 3.8) is 0 Å². The molecule has 2 aromatic rings. The first-order valence-corrected chi connectivity index (χ1v) is 10.2. The third-order valence-electron chi connectivity index (χ3n) is 3.80. The van der Waals surface area contributed by atoms with Crippen molar-refractivity contribution < 1.29 is 4.79 Å². The summed E-state index contributed by atoms with van der Waals surface area (Å²) in [6.07, 6.45) is 7.92. The van der Waals surface area contributed by atoms with Crippen molar-refractivity contribution in [2.45, 2.75) is 72.9 Å². The van der Waals surface area contributed by atoms with Gasteiger partial charge in [0.15, 0.2) is 6.29 Å². The second-order valence-corrected chi connectivity index (χ2v) is 7.51. The molecule has 0 saturated carbocycles. The van der Waals surface area contributed by atoms with Gasteiger partial charge in [0.25, 0.3) is 0 Å². The molecule has 2 heterocycles. The first kappa shape index (κ1) is 22.1. The average molecular weight is 377 g/mol. The van der Waals surface area contributed by atoms with Crippen molar-refractivity contribution in [2.75, 3.05) is 10.6 Å². The largest absolute Gasteiger partial charge is 0.382 e. The first-order chi connectivity index (χ1) is 12.5. The summed E-state index contributed by atoms with van der Waals surface area (Å²) in [4.78, 5) is 21.6. The number of fused-ring (bicyclic) bond motifs is 1. The first-order valence-electron chi connectivity index (χ1n) is 9.39. The molecule has 2 aromatic heterocycles. The van der Waals surface area contributed by atoms with Gasteiger partial charge in [-0.2, -0.15) is 0 Å². The molecule has 1 atom stereocenters. The summed E-state index contributed by atoms with van der Waals surface area (Å²) >= 11 is 1.39. The Labute approximate surface area is 161 Å². The quantitative estimate of drug-likeness (QED) is 0.338. The molecule has 0 radical (unpaired) electrons. The van der Waals surface area contributed by atoms with Crippen molar-refractivity contribution in [3.05, 3.63) is 17.1 Å². The number of carbonyl (C=O) groups excluding carboxylic acids is 1. The maximum absolute atomic E-state index is 11.4. The zero-order valence-corrected chi connectivity index (χ0v) is 17.6. The van der Waals surface area contributed by atoms with E-state index in [2.05, 4.69) is 62.2 Å². The summed E-state index contributed by atoms with van der Waals surface area (Å²) in [5, 5.41) is 7.52. The maximum Gasteiger partial charge on any atom is 0.162 e. The highest BCUT2D eigenvalue weighted by atomic mass is 32.1. The van der Waals surface area contributed by atoms with Gasteiger partial charge >= 0.3 is 0 Å². The van der Waals surface area contributed by atoms with Crippen LogP contribution in [-0.4, -0.2) is 29.7 Å². The minimum atomic E-state index is 0.253. The predicted molar refractivity (Wildman–Crippen MR) is 116 cm³/mol. The van der Waals surface area contributed by atoms with Crippen LogP contribution in [0, 0.1) is 0 Å². The number of hydrogen-bond donors (Lipinski definition) is 2. The van der Waals surface area contributed by atoms with E-state index in [0.717, 1.165) is 34.3 Å². The molecule has 0 spiro atoms. The Balaban J connectivity index is 0.000000765. The Morgan fingerprint density at radius 2 is 1.92 bits per heavy atom. The zero-order chi connectivity index (χ0) is 19.5. The van der Waals surface area contributed by atoms with Gasteiger partial charge in [-0.25, -0.2) is 4.98 Å². The number of aliphatic imine (C=N–C) groups is 1. The van der Waals surface area contributed by atoms with Crippen LogP contribution in [0.4, 0.5) is 11.4 Å². The molecule has 0 bridgehead atoms. The Morgan fingerprint density at radius 1 is 1.23 bits per heavy atom. The number of rotatable bonds is 8. The summed E-state index contributed by atoms with van der Waals surface area (Å²) in [5.74, 6) is 0. The lowest BCUT2D eigenvalue weighted by Gasteiger charge is -2.12. The molecule has 6 heteroatoms. The van der Waals surface area contributed by atoms with Gasteiger partial charge in [-0.1, -0.05) is 33.6 Å². The molecule has 0 amide bonds. The average Bonchev–Trinajstić information content (AvgIpc) is 3.00. The summed E-state index contributed by atoms with van der Waals surface area (Å²) in [7, 11) is 0. The minimum Gasteiger partial charge on any atom is -0.382 e. The van der Waals surface area contributed by atoms with Crippen molar-refractivity contribution >= 4 is 45.6 Å². The van der Waals surface area contributed by atoms with Gasteiger partial charge in [-0.3, -0.25) is 9.79 Å². The molecule has 144 valence electrons. The Hall–Kier alpha value is -1.95. The number of anilines is 2. The molecule has 0 fully saturated rings. The van der Waals surface area contributed by atoms with Gasteiger partial charge in [0.2, 0.25) is 0 Å². The lowest BCUT2D eigenvalue weighted by atomic mass is 10.2. The van der Waals surface area contributed by atoms with Crippen molar-refractivity contribution in [1.29, 1.82) is 0 Å². The van der Waals surface area contributed by atoms with Gasteiger partial charge in [0, 0.05) is 24.0 Å². The predicted octanol–water partition coefficient (Wildman–Crippen LogP) is 5.97. The van der Waals surface area contributed by atoms with Crippen molar-refractivity contribution in [3.8, 4) is 0 Å². The number of nitrogens with one attached hydrogen (secondary N) is 2. The molecule has 1 unspecified atom stereocenters. The standard InChI is InChI=1S/C16H22N4OS.C4H10/c1-5-11(4)18-9-19-15-13(8-21)22-16-14(15)12(6-7-17-16)20-10(2)3;1-3-4-2/h6-11H,5H2,1-4H3,(H,17,20)(H,18,19);3-4H2,1-2H3. The van der Waals surface area contributed by atoms with Crippen molar-refractivity contribution in [1.82, 2.24) is 4.98 Å².